The van der Waals surface area contributed by atoms with Crippen LogP contribution in [-0.2, 0) is 14.8 Å². The van der Waals surface area contributed by atoms with Crippen molar-refractivity contribution in [3.63, 3.8) is 0 Å². The minimum absolute atomic E-state index is 0.142. The van der Waals surface area contributed by atoms with Crippen LogP contribution >= 0.6 is 15.9 Å². The fraction of sp³-hybridized carbons (Fsp3) is 0.263. The molecule has 2 aromatic rings. The Bertz CT molecular complexity index is 972. The Hall–Kier alpha value is -2.43. The smallest absolute Gasteiger partial charge is 0.276 e. The van der Waals surface area contributed by atoms with E-state index in [1.165, 1.54) is 28.6 Å². The molecule has 2 N–H and O–H groups in total. The van der Waals surface area contributed by atoms with Gasteiger partial charge in [0.05, 0.1) is 4.90 Å². The van der Waals surface area contributed by atoms with Crippen molar-refractivity contribution in [2.24, 2.45) is 0 Å². The maximum absolute atomic E-state index is 12.5. The van der Waals surface area contributed by atoms with Gasteiger partial charge in [0.2, 0.25) is 10.0 Å². The number of hydrazine groups is 1. The van der Waals surface area contributed by atoms with Gasteiger partial charge in [-0.3, -0.25) is 20.4 Å². The topological polar surface area (TPSA) is 105 Å². The maximum Gasteiger partial charge on any atom is 0.276 e. The molecule has 0 radical (unpaired) electrons. The lowest BCUT2D eigenvalue weighted by molar-refractivity contribution is -0.123. The second kappa shape index (κ2) is 9.38. The summed E-state index contributed by atoms with van der Waals surface area (Å²) in [5.41, 5.74) is 4.75. The van der Waals surface area contributed by atoms with Crippen molar-refractivity contribution in [1.29, 1.82) is 0 Å². The minimum atomic E-state index is -3.53. The second-order valence-electron chi connectivity index (χ2n) is 6.38. The third-order valence-corrected chi connectivity index (χ3v) is 6.76. The van der Waals surface area contributed by atoms with E-state index in [0.717, 1.165) is 17.3 Å². The van der Waals surface area contributed by atoms with Crippen molar-refractivity contribution in [3.05, 3.63) is 58.6 Å². The quantitative estimate of drug-likeness (QED) is 0.614. The molecule has 0 saturated carbocycles. The normalized spacial score (nSPS) is 14.4. The van der Waals surface area contributed by atoms with Crippen LogP contribution in [0.1, 0.15) is 23.2 Å². The Labute approximate surface area is 177 Å². The number of nitrogens with one attached hydrogen (secondary N) is 2. The van der Waals surface area contributed by atoms with Crippen LogP contribution in [0.4, 0.5) is 0 Å². The van der Waals surface area contributed by atoms with Gasteiger partial charge in [0.15, 0.2) is 6.61 Å². The second-order valence-corrected chi connectivity index (χ2v) is 9.23. The lowest BCUT2D eigenvalue weighted by Gasteiger charge is -2.15. The molecule has 2 aromatic carbocycles. The molecule has 0 spiro atoms. The van der Waals surface area contributed by atoms with Crippen LogP contribution in [0, 0.1) is 0 Å². The highest BCUT2D eigenvalue weighted by Gasteiger charge is 2.27. The van der Waals surface area contributed by atoms with E-state index in [2.05, 4.69) is 26.8 Å². The first kappa shape index (κ1) is 21.3. The molecule has 2 amide bonds. The molecule has 1 aliphatic heterocycles. The molecule has 1 saturated heterocycles. The first-order chi connectivity index (χ1) is 13.9. The fourth-order valence-corrected chi connectivity index (χ4v) is 4.55. The summed E-state index contributed by atoms with van der Waals surface area (Å²) in [4.78, 5) is 24.1. The van der Waals surface area contributed by atoms with E-state index < -0.39 is 21.8 Å². The molecule has 10 heteroatoms. The van der Waals surface area contributed by atoms with Gasteiger partial charge < -0.3 is 4.74 Å². The van der Waals surface area contributed by atoms with Crippen LogP contribution in [0.25, 0.3) is 0 Å². The molecule has 1 aliphatic rings. The first-order valence-corrected chi connectivity index (χ1v) is 11.2. The van der Waals surface area contributed by atoms with E-state index in [4.69, 9.17) is 4.74 Å². The molecular formula is C19H20BrN3O5S. The van der Waals surface area contributed by atoms with E-state index in [-0.39, 0.29) is 17.1 Å². The predicted octanol–water partition coefficient (Wildman–Crippen LogP) is 2.07. The Morgan fingerprint density at radius 1 is 0.966 bits per heavy atom. The zero-order chi connectivity index (χ0) is 20.9. The van der Waals surface area contributed by atoms with Crippen LogP contribution in [0.5, 0.6) is 5.75 Å². The van der Waals surface area contributed by atoms with Gasteiger partial charge in [-0.25, -0.2) is 8.42 Å². The highest BCUT2D eigenvalue weighted by atomic mass is 79.9. The van der Waals surface area contributed by atoms with E-state index >= 15 is 0 Å². The number of hydrogen-bond acceptors (Lipinski definition) is 5. The summed E-state index contributed by atoms with van der Waals surface area (Å²) in [6.45, 7) is 0.757. The number of carbonyl (C=O) groups excluding carboxylic acids is 2. The SMILES string of the molecule is O=C(COc1ccc(Br)cc1)NNC(=O)c1ccc(S(=O)(=O)N2CCCC2)cc1. The highest BCUT2D eigenvalue weighted by molar-refractivity contribution is 9.10. The number of nitrogens with zero attached hydrogens (tertiary/aromatic N) is 1. The Morgan fingerprint density at radius 3 is 2.21 bits per heavy atom. The van der Waals surface area contributed by atoms with Gasteiger partial charge >= 0.3 is 0 Å². The molecule has 0 bridgehead atoms. The number of hydrogen-bond donors (Lipinski definition) is 2. The lowest BCUT2D eigenvalue weighted by Crippen LogP contribution is -2.43. The number of sulfonamides is 1. The summed E-state index contributed by atoms with van der Waals surface area (Å²) < 4.78 is 32.6. The van der Waals surface area contributed by atoms with Crippen LogP contribution < -0.4 is 15.6 Å². The molecule has 154 valence electrons. The Balaban J connectivity index is 1.50. The molecule has 0 aromatic heterocycles. The van der Waals surface area contributed by atoms with E-state index in [1.807, 2.05) is 0 Å². The third-order valence-electron chi connectivity index (χ3n) is 4.32. The van der Waals surface area contributed by atoms with Gasteiger partial charge in [0.1, 0.15) is 5.75 Å². The van der Waals surface area contributed by atoms with Gasteiger partial charge in [-0.15, -0.1) is 0 Å². The first-order valence-electron chi connectivity index (χ1n) is 8.94. The number of ether oxygens (including phenoxy) is 1. The minimum Gasteiger partial charge on any atom is -0.484 e. The van der Waals surface area contributed by atoms with E-state index in [9.17, 15) is 18.0 Å². The van der Waals surface area contributed by atoms with Crippen molar-refractivity contribution in [2.75, 3.05) is 19.7 Å². The molecule has 1 fully saturated rings. The number of halogens is 1. The summed E-state index contributed by atoms with van der Waals surface area (Å²) >= 11 is 3.30. The largest absolute Gasteiger partial charge is 0.484 e. The van der Waals surface area contributed by atoms with E-state index in [1.54, 1.807) is 24.3 Å². The van der Waals surface area contributed by atoms with Gasteiger partial charge in [-0.05, 0) is 61.4 Å². The summed E-state index contributed by atoms with van der Waals surface area (Å²) in [6, 6.07) is 12.6. The maximum atomic E-state index is 12.5. The number of benzene rings is 2. The average Bonchev–Trinajstić information content (AvgIpc) is 3.27. The Morgan fingerprint density at radius 2 is 1.59 bits per heavy atom. The van der Waals surface area contributed by atoms with Gasteiger partial charge in [0.25, 0.3) is 11.8 Å². The zero-order valence-corrected chi connectivity index (χ0v) is 17.8. The molecule has 0 unspecified atom stereocenters. The molecule has 29 heavy (non-hydrogen) atoms. The summed E-state index contributed by atoms with van der Waals surface area (Å²) in [6.07, 6.45) is 1.70. The molecule has 0 atom stereocenters. The van der Waals surface area contributed by atoms with Crippen LogP contribution in [0.2, 0.25) is 0 Å². The summed E-state index contributed by atoms with van der Waals surface area (Å²) in [7, 11) is -3.53. The standard InChI is InChI=1S/C19H20BrN3O5S/c20-15-5-7-16(8-6-15)28-13-18(24)21-22-19(25)14-3-9-17(10-4-14)29(26,27)23-11-1-2-12-23/h3-10H,1-2,11-13H2,(H,21,24)(H,22,25). The molecule has 0 aliphatic carbocycles. The molecular weight excluding hydrogens is 462 g/mol. The van der Waals surface area contributed by atoms with Gasteiger partial charge in [0, 0.05) is 23.1 Å². The average molecular weight is 482 g/mol. The summed E-state index contributed by atoms with van der Waals surface area (Å²) in [5.74, 6) is -0.578. The van der Waals surface area contributed by atoms with Crippen molar-refractivity contribution in [3.8, 4) is 5.75 Å². The zero-order valence-electron chi connectivity index (χ0n) is 15.4. The number of rotatable bonds is 6. The van der Waals surface area contributed by atoms with Crippen molar-refractivity contribution in [1.82, 2.24) is 15.2 Å². The summed E-state index contributed by atoms with van der Waals surface area (Å²) in [5, 5.41) is 0. The third kappa shape index (κ3) is 5.55. The van der Waals surface area contributed by atoms with Crippen molar-refractivity contribution < 1.29 is 22.7 Å². The van der Waals surface area contributed by atoms with Crippen molar-refractivity contribution >= 4 is 37.8 Å². The van der Waals surface area contributed by atoms with Crippen LogP contribution in [0.3, 0.4) is 0 Å². The number of carbonyl (C=O) groups is 2. The predicted molar refractivity (Wildman–Crippen MR) is 110 cm³/mol. The molecule has 8 nitrogen and oxygen atoms in total. The van der Waals surface area contributed by atoms with Gasteiger partial charge in [-0.1, -0.05) is 15.9 Å². The van der Waals surface area contributed by atoms with Gasteiger partial charge in [-0.2, -0.15) is 4.31 Å². The monoisotopic (exact) mass is 481 g/mol. The molecule has 3 rings (SSSR count). The Kier molecular flexibility index (Phi) is 6.88. The molecule has 1 heterocycles. The number of amides is 2. The fourth-order valence-electron chi connectivity index (χ4n) is 2.77. The van der Waals surface area contributed by atoms with Crippen molar-refractivity contribution in [2.45, 2.75) is 17.7 Å². The lowest BCUT2D eigenvalue weighted by atomic mass is 10.2. The van der Waals surface area contributed by atoms with E-state index in [0.29, 0.717) is 18.8 Å². The van der Waals surface area contributed by atoms with Crippen LogP contribution in [-0.4, -0.2) is 44.2 Å². The highest BCUT2D eigenvalue weighted by Crippen LogP contribution is 2.21. The van der Waals surface area contributed by atoms with Crippen LogP contribution in [0.15, 0.2) is 57.9 Å².